The van der Waals surface area contributed by atoms with Crippen molar-refractivity contribution < 1.29 is 43.9 Å². The van der Waals surface area contributed by atoms with Crippen LogP contribution in [0.5, 0.6) is 0 Å². The van der Waals surface area contributed by atoms with E-state index in [0.717, 1.165) is 0 Å². The lowest BCUT2D eigenvalue weighted by Gasteiger charge is -2.18. The van der Waals surface area contributed by atoms with E-state index in [2.05, 4.69) is 35.0 Å². The second-order valence-electron chi connectivity index (χ2n) is 9.41. The molecule has 0 bridgehead atoms. The van der Waals surface area contributed by atoms with Crippen molar-refractivity contribution in [1.82, 2.24) is 39.0 Å². The minimum Gasteiger partial charge on any atom is -0.394 e. The number of nitrogens with one attached hydrogen (secondary N) is 2. The van der Waals surface area contributed by atoms with E-state index < -0.39 is 75.4 Å². The fraction of sp³-hybridized carbons (Fsp3) is 0.500. The maximum Gasteiger partial charge on any atom is 0.432 e. The predicted molar refractivity (Wildman–Crippen MR) is 135 cm³/mol. The first kappa shape index (κ1) is 27.6. The summed E-state index contributed by atoms with van der Waals surface area (Å²) in [7, 11) is -4.73. The third-order valence-electron chi connectivity index (χ3n) is 6.79. The van der Waals surface area contributed by atoms with Gasteiger partial charge in [-0.25, -0.2) is 24.5 Å². The highest BCUT2D eigenvalue weighted by molar-refractivity contribution is 7.54. The Labute approximate surface area is 228 Å². The van der Waals surface area contributed by atoms with Gasteiger partial charge in [0.1, 0.15) is 42.5 Å². The molecule has 0 aliphatic carbocycles. The number of hydrogen-bond donors (Lipinski definition) is 8. The van der Waals surface area contributed by atoms with Gasteiger partial charge in [0.25, 0.3) is 5.56 Å². The van der Waals surface area contributed by atoms with Gasteiger partial charge in [0, 0.05) is 6.42 Å². The van der Waals surface area contributed by atoms with Gasteiger partial charge in [0.05, 0.1) is 32.0 Å². The Morgan fingerprint density at radius 2 is 1.83 bits per heavy atom. The molecular formula is C20H25N10O10P. The summed E-state index contributed by atoms with van der Waals surface area (Å²) in [6.45, 7) is -1.07. The van der Waals surface area contributed by atoms with Crippen LogP contribution in [0.15, 0.2) is 23.8 Å². The number of aliphatic hydroxyl groups excluding tert-OH is 4. The molecule has 0 spiro atoms. The van der Waals surface area contributed by atoms with Gasteiger partial charge in [-0.3, -0.25) is 28.5 Å². The molecule has 8 atom stereocenters. The van der Waals surface area contributed by atoms with Crippen LogP contribution in [0.3, 0.4) is 0 Å². The molecular weight excluding hydrogens is 571 g/mol. The Hall–Kier alpha value is -3.59. The van der Waals surface area contributed by atoms with E-state index in [1.165, 1.54) is 28.1 Å². The summed E-state index contributed by atoms with van der Waals surface area (Å²) in [6, 6.07) is 0. The van der Waals surface area contributed by atoms with Crippen molar-refractivity contribution in [2.75, 3.05) is 24.0 Å². The van der Waals surface area contributed by atoms with Crippen molar-refractivity contribution in [1.29, 1.82) is 0 Å². The SMILES string of the molecule is Nc1ncnc2c1ncn2[C@@H]1O[C@H](COP(=O)(O)Nc2nc3c(ncn3[C@H]3C[C@H](O)[C@@H](CO)O3)c(=O)[nH]2)[C@@H](O)[C@H]1O. The second kappa shape index (κ2) is 10.4. The molecule has 4 aromatic heterocycles. The third kappa shape index (κ3) is 4.94. The number of anilines is 2. The van der Waals surface area contributed by atoms with Crippen molar-refractivity contribution in [3.63, 3.8) is 0 Å². The second-order valence-corrected chi connectivity index (χ2v) is 10.9. The molecule has 0 radical (unpaired) electrons. The lowest BCUT2D eigenvalue weighted by Crippen LogP contribution is -2.33. The number of H-pyrrole nitrogens is 1. The van der Waals surface area contributed by atoms with Crippen LogP contribution in [0, 0.1) is 0 Å². The Morgan fingerprint density at radius 3 is 2.59 bits per heavy atom. The van der Waals surface area contributed by atoms with Gasteiger partial charge in [-0.15, -0.1) is 0 Å². The summed E-state index contributed by atoms with van der Waals surface area (Å²) in [5.74, 6) is -0.343. The number of imidazole rings is 2. The molecule has 6 heterocycles. The van der Waals surface area contributed by atoms with Crippen molar-refractivity contribution in [2.45, 2.75) is 49.4 Å². The Morgan fingerprint density at radius 1 is 1.07 bits per heavy atom. The van der Waals surface area contributed by atoms with Crippen LogP contribution in [0.2, 0.25) is 0 Å². The molecule has 2 aliphatic rings. The molecule has 1 unspecified atom stereocenters. The molecule has 0 saturated carbocycles. The van der Waals surface area contributed by atoms with Gasteiger partial charge < -0.3 is 40.5 Å². The fourth-order valence-corrected chi connectivity index (χ4v) is 5.52. The zero-order valence-corrected chi connectivity index (χ0v) is 21.7. The normalized spacial score (nSPS) is 29.8. The molecule has 41 heavy (non-hydrogen) atoms. The molecule has 4 aromatic rings. The maximum atomic E-state index is 12.8. The molecule has 0 amide bonds. The summed E-state index contributed by atoms with van der Waals surface area (Å²) in [6.07, 6.45) is -4.21. The molecule has 0 aromatic carbocycles. The number of nitrogen functional groups attached to an aromatic ring is 1. The number of aromatic amines is 1. The van der Waals surface area contributed by atoms with Gasteiger partial charge in [-0.05, 0) is 0 Å². The first-order chi connectivity index (χ1) is 19.6. The molecule has 6 rings (SSSR count). The summed E-state index contributed by atoms with van der Waals surface area (Å²) >= 11 is 0. The van der Waals surface area contributed by atoms with Crippen molar-refractivity contribution >= 4 is 41.8 Å². The number of nitrogens with zero attached hydrogens (tertiary/aromatic N) is 7. The molecule has 20 nitrogen and oxygen atoms in total. The van der Waals surface area contributed by atoms with Gasteiger partial charge in [-0.1, -0.05) is 0 Å². The monoisotopic (exact) mass is 596 g/mol. The molecule has 9 N–H and O–H groups in total. The Bertz CT molecular complexity index is 1690. The van der Waals surface area contributed by atoms with E-state index in [1.54, 1.807) is 0 Å². The van der Waals surface area contributed by atoms with Gasteiger partial charge >= 0.3 is 7.75 Å². The van der Waals surface area contributed by atoms with Crippen LogP contribution in [0.1, 0.15) is 18.9 Å². The fourth-order valence-electron chi connectivity index (χ4n) is 4.73. The van der Waals surface area contributed by atoms with Crippen LogP contribution < -0.4 is 16.4 Å². The lowest BCUT2D eigenvalue weighted by atomic mass is 10.1. The molecule has 2 fully saturated rings. The quantitative estimate of drug-likeness (QED) is 0.0962. The zero-order chi connectivity index (χ0) is 29.1. The Balaban J connectivity index is 1.16. The average Bonchev–Trinajstić information content (AvgIpc) is 3.69. The number of fused-ring (bicyclic) bond motifs is 2. The van der Waals surface area contributed by atoms with Gasteiger partial charge in [0.2, 0.25) is 5.95 Å². The largest absolute Gasteiger partial charge is 0.432 e. The highest BCUT2D eigenvalue weighted by atomic mass is 31.2. The standard InChI is InChI=1S/C20H25N10O10P/c21-15-11-16(23-4-22-15)30(6-24-11)19-14(34)13(33)9(40-19)3-38-41(36,37)28-20-26-17-12(18(35)27-20)25-5-29(17)10-1-7(32)8(2-31)39-10/h4-10,13-14,19,31-34H,1-3H2,(H2,21,22,23)(H3,26,27,28,35,36,37)/t7-,8+,9+,10+,13+,14+,19+/m0/s1. The first-order valence-corrected chi connectivity index (χ1v) is 13.8. The van der Waals surface area contributed by atoms with E-state index in [4.69, 9.17) is 19.7 Å². The predicted octanol–water partition coefficient (Wildman–Crippen LogP) is -2.67. The zero-order valence-electron chi connectivity index (χ0n) is 20.8. The van der Waals surface area contributed by atoms with Crippen LogP contribution >= 0.6 is 7.75 Å². The number of aromatic nitrogens is 8. The number of ether oxygens (including phenoxy) is 2. The highest BCUT2D eigenvalue weighted by Gasteiger charge is 2.45. The van der Waals surface area contributed by atoms with Gasteiger partial charge in [-0.2, -0.15) is 4.98 Å². The van der Waals surface area contributed by atoms with Crippen LogP contribution in [-0.4, -0.2) is 108 Å². The third-order valence-corrected chi connectivity index (χ3v) is 7.78. The molecule has 21 heteroatoms. The lowest BCUT2D eigenvalue weighted by molar-refractivity contribution is -0.0483. The number of hydrogen-bond acceptors (Lipinski definition) is 15. The van der Waals surface area contributed by atoms with Crippen molar-refractivity contribution in [3.8, 4) is 0 Å². The van der Waals surface area contributed by atoms with E-state index >= 15 is 0 Å². The minimum absolute atomic E-state index is 0.0236. The molecule has 220 valence electrons. The summed E-state index contributed by atoms with van der Waals surface area (Å²) in [4.78, 5) is 45.3. The van der Waals surface area contributed by atoms with E-state index in [0.29, 0.717) is 0 Å². The van der Waals surface area contributed by atoms with Crippen LogP contribution in [-0.2, 0) is 18.6 Å². The summed E-state index contributed by atoms with van der Waals surface area (Å²) in [5.41, 5.74) is 5.41. The van der Waals surface area contributed by atoms with E-state index in [9.17, 15) is 34.7 Å². The van der Waals surface area contributed by atoms with E-state index in [-0.39, 0.29) is 34.6 Å². The first-order valence-electron chi connectivity index (χ1n) is 12.2. The molecule has 2 aliphatic heterocycles. The maximum absolute atomic E-state index is 12.8. The topological polar surface area (TPSA) is 291 Å². The Kier molecular flexibility index (Phi) is 6.96. The summed E-state index contributed by atoms with van der Waals surface area (Å²) < 4.78 is 31.8. The smallest absolute Gasteiger partial charge is 0.394 e. The highest BCUT2D eigenvalue weighted by Crippen LogP contribution is 2.43. The van der Waals surface area contributed by atoms with Crippen LogP contribution in [0.25, 0.3) is 22.3 Å². The average molecular weight is 596 g/mol. The minimum atomic E-state index is -4.73. The van der Waals surface area contributed by atoms with Crippen molar-refractivity contribution in [2.24, 2.45) is 0 Å². The van der Waals surface area contributed by atoms with E-state index in [1.807, 2.05) is 0 Å². The number of aliphatic hydroxyl groups is 4. The van der Waals surface area contributed by atoms with Crippen molar-refractivity contribution in [3.05, 3.63) is 29.3 Å². The summed E-state index contributed by atoms with van der Waals surface area (Å²) in [5, 5.41) is 42.6. The van der Waals surface area contributed by atoms with Crippen LogP contribution in [0.4, 0.5) is 11.8 Å². The van der Waals surface area contributed by atoms with Gasteiger partial charge in [0.15, 0.2) is 28.9 Å². The molecule has 2 saturated heterocycles. The number of nitrogens with two attached hydrogens (primary N) is 1. The number of rotatable bonds is 8.